The first-order chi connectivity index (χ1) is 13.7. The Balaban J connectivity index is 1.67. The molecule has 2 heterocycles. The lowest BCUT2D eigenvalue weighted by Crippen LogP contribution is -2.21. The summed E-state index contributed by atoms with van der Waals surface area (Å²) in [6.45, 7) is 2.95. The minimum Gasteiger partial charge on any atom is -0.497 e. The molecule has 1 aromatic heterocycles. The summed E-state index contributed by atoms with van der Waals surface area (Å²) >= 11 is 1.71. The molecule has 0 bridgehead atoms. The average Bonchev–Trinajstić information content (AvgIpc) is 3.17. The lowest BCUT2D eigenvalue weighted by atomic mass is 10.1. The molecular weight excluding hydrogens is 370 g/mol. The van der Waals surface area contributed by atoms with Crippen LogP contribution in [0.3, 0.4) is 0 Å². The number of rotatable bonds is 6. The van der Waals surface area contributed by atoms with Crippen LogP contribution in [0.15, 0.2) is 53.7 Å². The maximum atomic E-state index is 5.89. The molecule has 0 spiro atoms. The second kappa shape index (κ2) is 8.80. The van der Waals surface area contributed by atoms with Crippen molar-refractivity contribution in [3.63, 3.8) is 0 Å². The third kappa shape index (κ3) is 4.23. The minimum absolute atomic E-state index is 0.294. The molecule has 0 amide bonds. The summed E-state index contributed by atoms with van der Waals surface area (Å²) in [5.74, 6) is 2.57. The molecule has 3 aromatic rings. The molecule has 1 atom stereocenters. The Hall–Kier alpha value is -2.31. The van der Waals surface area contributed by atoms with E-state index in [-0.39, 0.29) is 0 Å². The van der Waals surface area contributed by atoms with E-state index in [2.05, 4.69) is 46.0 Å². The van der Waals surface area contributed by atoms with Gasteiger partial charge in [-0.15, -0.1) is 10.2 Å². The lowest BCUT2D eigenvalue weighted by molar-refractivity contribution is 0.0315. The highest BCUT2D eigenvalue weighted by Gasteiger charge is 2.19. The fraction of sp³-hybridized carbons (Fsp3) is 0.364. The van der Waals surface area contributed by atoms with Crippen molar-refractivity contribution in [1.82, 2.24) is 14.8 Å². The molecule has 6 heteroatoms. The van der Waals surface area contributed by atoms with Crippen LogP contribution in [0.2, 0.25) is 0 Å². The van der Waals surface area contributed by atoms with Crippen molar-refractivity contribution < 1.29 is 9.47 Å². The van der Waals surface area contributed by atoms with Crippen LogP contribution in [0.5, 0.6) is 5.75 Å². The van der Waals surface area contributed by atoms with E-state index >= 15 is 0 Å². The number of ether oxygens (including phenoxy) is 2. The highest BCUT2D eigenvalue weighted by atomic mass is 32.2. The third-order valence-corrected chi connectivity index (χ3v) is 6.01. The summed E-state index contributed by atoms with van der Waals surface area (Å²) in [7, 11) is 1.68. The van der Waals surface area contributed by atoms with Crippen molar-refractivity contribution in [3.8, 4) is 22.8 Å². The smallest absolute Gasteiger partial charge is 0.196 e. The van der Waals surface area contributed by atoms with Gasteiger partial charge in [-0.2, -0.15) is 0 Å². The predicted molar refractivity (Wildman–Crippen MR) is 112 cm³/mol. The van der Waals surface area contributed by atoms with Crippen LogP contribution in [-0.2, 0) is 4.74 Å². The van der Waals surface area contributed by atoms with Gasteiger partial charge in [-0.25, -0.2) is 0 Å². The lowest BCUT2D eigenvalue weighted by Gasteiger charge is -2.22. The van der Waals surface area contributed by atoms with Crippen LogP contribution in [0.4, 0.5) is 0 Å². The van der Waals surface area contributed by atoms with Gasteiger partial charge in [0.2, 0.25) is 0 Å². The fourth-order valence-corrected chi connectivity index (χ4v) is 4.34. The molecule has 1 unspecified atom stereocenters. The van der Waals surface area contributed by atoms with E-state index in [4.69, 9.17) is 9.47 Å². The van der Waals surface area contributed by atoms with E-state index in [0.717, 1.165) is 46.8 Å². The first-order valence-corrected chi connectivity index (χ1v) is 10.6. The van der Waals surface area contributed by atoms with Crippen LogP contribution in [-0.4, -0.2) is 40.3 Å². The van der Waals surface area contributed by atoms with Crippen molar-refractivity contribution in [2.75, 3.05) is 19.5 Å². The molecule has 1 aliphatic rings. The highest BCUT2D eigenvalue weighted by molar-refractivity contribution is 7.99. The van der Waals surface area contributed by atoms with E-state index in [1.165, 1.54) is 18.4 Å². The van der Waals surface area contributed by atoms with Gasteiger partial charge in [-0.3, -0.25) is 4.57 Å². The fourth-order valence-electron chi connectivity index (χ4n) is 3.32. The minimum atomic E-state index is 0.294. The Morgan fingerprint density at radius 1 is 1.07 bits per heavy atom. The monoisotopic (exact) mass is 395 g/mol. The maximum absolute atomic E-state index is 5.89. The maximum Gasteiger partial charge on any atom is 0.196 e. The van der Waals surface area contributed by atoms with Gasteiger partial charge in [0.15, 0.2) is 11.0 Å². The number of benzene rings is 2. The SMILES string of the molecule is COc1ccc(-n2c(SCC3CCCCO3)nnc2-c2ccc(C)cc2)cc1. The van der Waals surface area contributed by atoms with Crippen LogP contribution in [0.25, 0.3) is 17.1 Å². The molecule has 28 heavy (non-hydrogen) atoms. The van der Waals surface area contributed by atoms with Crippen LogP contribution in [0, 0.1) is 6.92 Å². The average molecular weight is 396 g/mol. The second-order valence-electron chi connectivity index (χ2n) is 7.01. The molecule has 1 saturated heterocycles. The van der Waals surface area contributed by atoms with Gasteiger partial charge < -0.3 is 9.47 Å². The number of hydrogen-bond donors (Lipinski definition) is 0. The molecule has 0 aliphatic carbocycles. The summed E-state index contributed by atoms with van der Waals surface area (Å²) in [4.78, 5) is 0. The highest BCUT2D eigenvalue weighted by Crippen LogP contribution is 2.30. The zero-order chi connectivity index (χ0) is 19.3. The number of nitrogens with zero attached hydrogens (tertiary/aromatic N) is 3. The summed E-state index contributed by atoms with van der Waals surface area (Å²) < 4.78 is 13.3. The largest absolute Gasteiger partial charge is 0.497 e. The van der Waals surface area contributed by atoms with E-state index in [1.54, 1.807) is 18.9 Å². The van der Waals surface area contributed by atoms with E-state index in [1.807, 2.05) is 24.3 Å². The van der Waals surface area contributed by atoms with Crippen molar-refractivity contribution >= 4 is 11.8 Å². The second-order valence-corrected chi connectivity index (χ2v) is 7.99. The van der Waals surface area contributed by atoms with Crippen LogP contribution >= 0.6 is 11.8 Å². The van der Waals surface area contributed by atoms with Gasteiger partial charge in [-0.05, 0) is 50.5 Å². The zero-order valence-corrected chi connectivity index (χ0v) is 17.1. The Morgan fingerprint density at radius 3 is 2.54 bits per heavy atom. The summed E-state index contributed by atoms with van der Waals surface area (Å²) in [5, 5.41) is 9.91. The van der Waals surface area contributed by atoms with Gasteiger partial charge in [0.1, 0.15) is 5.75 Å². The number of methoxy groups -OCH3 is 1. The van der Waals surface area contributed by atoms with Crippen LogP contribution < -0.4 is 4.74 Å². The van der Waals surface area contributed by atoms with Gasteiger partial charge in [-0.1, -0.05) is 41.6 Å². The Kier molecular flexibility index (Phi) is 5.98. The van der Waals surface area contributed by atoms with E-state index < -0.39 is 0 Å². The summed E-state index contributed by atoms with van der Waals surface area (Å²) in [6, 6.07) is 16.4. The standard InChI is InChI=1S/C22H25N3O2S/c1-16-6-8-17(9-7-16)21-23-24-22(28-15-20-5-3-4-14-27-20)25(21)18-10-12-19(26-2)13-11-18/h6-13,20H,3-5,14-15H2,1-2H3. The Labute approximate surface area is 170 Å². The van der Waals surface area contributed by atoms with Gasteiger partial charge >= 0.3 is 0 Å². The van der Waals surface area contributed by atoms with Crippen molar-refractivity contribution in [3.05, 3.63) is 54.1 Å². The van der Waals surface area contributed by atoms with Gasteiger partial charge in [0.25, 0.3) is 0 Å². The van der Waals surface area contributed by atoms with E-state index in [0.29, 0.717) is 6.10 Å². The first-order valence-electron chi connectivity index (χ1n) is 9.66. The topological polar surface area (TPSA) is 49.2 Å². The molecule has 0 saturated carbocycles. The molecule has 5 nitrogen and oxygen atoms in total. The molecule has 2 aromatic carbocycles. The molecule has 1 aliphatic heterocycles. The summed E-state index contributed by atoms with van der Waals surface area (Å²) in [5.41, 5.74) is 3.30. The summed E-state index contributed by atoms with van der Waals surface area (Å²) in [6.07, 6.45) is 3.82. The van der Waals surface area contributed by atoms with E-state index in [9.17, 15) is 0 Å². The number of aromatic nitrogens is 3. The number of hydrogen-bond acceptors (Lipinski definition) is 5. The van der Waals surface area contributed by atoms with Gasteiger partial charge in [0, 0.05) is 23.6 Å². The first kappa shape index (κ1) is 19.0. The molecule has 146 valence electrons. The zero-order valence-electron chi connectivity index (χ0n) is 16.3. The Bertz CT molecular complexity index is 901. The predicted octanol–water partition coefficient (Wildman–Crippen LogP) is 4.91. The number of thioether (sulfide) groups is 1. The van der Waals surface area contributed by atoms with Crippen molar-refractivity contribution in [2.24, 2.45) is 0 Å². The molecule has 0 N–H and O–H groups in total. The normalized spacial score (nSPS) is 16.9. The quantitative estimate of drug-likeness (QED) is 0.555. The molecule has 0 radical (unpaired) electrons. The molecule has 1 fully saturated rings. The number of aryl methyl sites for hydroxylation is 1. The van der Waals surface area contributed by atoms with Crippen molar-refractivity contribution in [1.29, 1.82) is 0 Å². The molecule has 4 rings (SSSR count). The molecular formula is C22H25N3O2S. The third-order valence-electron chi connectivity index (χ3n) is 4.95. The van der Waals surface area contributed by atoms with Gasteiger partial charge in [0.05, 0.1) is 13.2 Å². The van der Waals surface area contributed by atoms with Crippen molar-refractivity contribution in [2.45, 2.75) is 37.4 Å². The Morgan fingerprint density at radius 2 is 1.86 bits per heavy atom. The van der Waals surface area contributed by atoms with Crippen LogP contribution in [0.1, 0.15) is 24.8 Å².